The van der Waals surface area contributed by atoms with Crippen LogP contribution < -0.4 is 0 Å². The lowest BCUT2D eigenvalue weighted by atomic mass is 9.38. The molecule has 3 saturated carbocycles. The van der Waals surface area contributed by atoms with Gasteiger partial charge in [0, 0.05) is 36.5 Å². The van der Waals surface area contributed by atoms with E-state index < -0.39 is 62.7 Å². The molecule has 3 fully saturated rings. The number of carbonyl (C=O) groups excluding carboxylic acids is 4. The van der Waals surface area contributed by atoms with E-state index >= 15 is 0 Å². The van der Waals surface area contributed by atoms with Crippen molar-refractivity contribution in [3.63, 3.8) is 0 Å². The number of Topliss-reactive ketones (excluding diaryl/α,β-unsaturated/α-hetero) is 3. The Morgan fingerprint density at radius 1 is 1.05 bits per heavy atom. The molecule has 0 aromatic rings. The summed E-state index contributed by atoms with van der Waals surface area (Å²) in [6.07, 6.45) is 1.23. The molecule has 4 aliphatic rings. The Balaban J connectivity index is 1.70. The number of fused-ring (bicyclic) bond motifs is 5. The number of rotatable bonds is 6. The fraction of sp³-hybridized carbons (Fsp3) is 0.812. The highest BCUT2D eigenvalue weighted by Crippen LogP contribution is 2.74. The average Bonchev–Trinajstić information content (AvgIpc) is 3.01. The molecule has 0 aromatic heterocycles. The van der Waals surface area contributed by atoms with Gasteiger partial charge in [-0.05, 0) is 83.0 Å². The molecule has 8 nitrogen and oxygen atoms in total. The summed E-state index contributed by atoms with van der Waals surface area (Å²) in [5.74, 6) is -2.52. The van der Waals surface area contributed by atoms with Crippen LogP contribution >= 0.6 is 0 Å². The van der Waals surface area contributed by atoms with Crippen LogP contribution in [0.2, 0.25) is 0 Å². The van der Waals surface area contributed by atoms with Crippen molar-refractivity contribution in [3.05, 3.63) is 11.6 Å². The predicted octanol–water partition coefficient (Wildman–Crippen LogP) is 3.72. The standard InChI is InChI=1S/C32H48O8/c1-17(33)40-27(2,3)13-12-23(36)32(9,39)25-21(35)15-29(6)22-11-10-18-19(14-20(34)26(38)28(18,4)5)31(22,8)24(37)16-30(25,29)7/h10,19-22,25,34-35,39H,11-16H2,1-9H3/t19-,20-,21-,22+,25+,29+,30-,31+,32+/m1/s1. The Morgan fingerprint density at radius 2 is 1.65 bits per heavy atom. The predicted molar refractivity (Wildman–Crippen MR) is 148 cm³/mol. The van der Waals surface area contributed by atoms with Gasteiger partial charge in [0.05, 0.1) is 6.10 Å². The van der Waals surface area contributed by atoms with Gasteiger partial charge in [0.15, 0.2) is 11.6 Å². The van der Waals surface area contributed by atoms with Crippen LogP contribution in [-0.2, 0) is 23.9 Å². The number of hydrogen-bond donors (Lipinski definition) is 3. The number of ketones is 3. The highest BCUT2D eigenvalue weighted by molar-refractivity contribution is 5.95. The lowest BCUT2D eigenvalue weighted by molar-refractivity contribution is -0.185. The third-order valence-electron chi connectivity index (χ3n) is 11.9. The second-order valence-electron chi connectivity index (χ2n) is 15.1. The summed E-state index contributed by atoms with van der Waals surface area (Å²) in [6.45, 7) is 15.8. The van der Waals surface area contributed by atoms with Crippen molar-refractivity contribution < 1.29 is 39.2 Å². The minimum absolute atomic E-state index is 0.0104. The van der Waals surface area contributed by atoms with Crippen molar-refractivity contribution in [2.75, 3.05) is 0 Å². The van der Waals surface area contributed by atoms with Gasteiger partial charge in [0.1, 0.15) is 23.1 Å². The molecular weight excluding hydrogens is 512 g/mol. The molecule has 0 bridgehead atoms. The monoisotopic (exact) mass is 560 g/mol. The molecule has 0 radical (unpaired) electrons. The highest BCUT2D eigenvalue weighted by atomic mass is 16.6. The van der Waals surface area contributed by atoms with E-state index in [1.54, 1.807) is 13.8 Å². The fourth-order valence-electron chi connectivity index (χ4n) is 9.68. The molecule has 0 heterocycles. The lowest BCUT2D eigenvalue weighted by Crippen LogP contribution is -2.65. The molecule has 0 aromatic carbocycles. The maximum Gasteiger partial charge on any atom is 0.303 e. The SMILES string of the molecule is CC(=O)OC(C)(C)CCC(=O)[C@](C)(O)[C@H]1[C@H](O)C[C@@]2(C)[C@@H]3CC=C4[C@@H](C[C@@H](O)C(=O)C4(C)C)[C@]3(C)C(=O)C[C@]12C. The van der Waals surface area contributed by atoms with Crippen molar-refractivity contribution >= 4 is 23.3 Å². The zero-order valence-electron chi connectivity index (χ0n) is 25.6. The molecule has 4 aliphatic carbocycles. The van der Waals surface area contributed by atoms with Gasteiger partial charge in [-0.15, -0.1) is 0 Å². The number of aliphatic hydroxyl groups is 3. The van der Waals surface area contributed by atoms with E-state index in [9.17, 15) is 34.5 Å². The quantitative estimate of drug-likeness (QED) is 0.330. The molecule has 0 amide bonds. The van der Waals surface area contributed by atoms with Crippen molar-refractivity contribution in [2.45, 2.75) is 124 Å². The van der Waals surface area contributed by atoms with Crippen LogP contribution in [0.5, 0.6) is 0 Å². The highest BCUT2D eigenvalue weighted by Gasteiger charge is 2.74. The van der Waals surface area contributed by atoms with Gasteiger partial charge in [-0.25, -0.2) is 0 Å². The Labute approximate surface area is 237 Å². The smallest absolute Gasteiger partial charge is 0.303 e. The number of carbonyl (C=O) groups is 4. The molecule has 8 heteroatoms. The zero-order chi connectivity index (χ0) is 30.4. The first-order valence-electron chi connectivity index (χ1n) is 14.7. The number of ether oxygens (including phenoxy) is 1. The molecule has 3 N–H and O–H groups in total. The van der Waals surface area contributed by atoms with Crippen LogP contribution in [0.15, 0.2) is 11.6 Å². The summed E-state index contributed by atoms with van der Waals surface area (Å²) >= 11 is 0. The molecule has 0 aliphatic heterocycles. The summed E-state index contributed by atoms with van der Waals surface area (Å²) in [4.78, 5) is 52.2. The van der Waals surface area contributed by atoms with Gasteiger partial charge in [0.25, 0.3) is 0 Å². The topological polar surface area (TPSA) is 138 Å². The second-order valence-corrected chi connectivity index (χ2v) is 15.1. The first kappa shape index (κ1) is 31.0. The number of aliphatic hydroxyl groups excluding tert-OH is 2. The summed E-state index contributed by atoms with van der Waals surface area (Å²) < 4.78 is 5.31. The van der Waals surface area contributed by atoms with Gasteiger partial charge in [-0.3, -0.25) is 19.2 Å². The van der Waals surface area contributed by atoms with E-state index in [1.807, 2.05) is 27.7 Å². The number of hydrogen-bond acceptors (Lipinski definition) is 8. The molecule has 0 unspecified atom stereocenters. The maximum absolute atomic E-state index is 14.3. The van der Waals surface area contributed by atoms with E-state index in [-0.39, 0.29) is 49.1 Å². The summed E-state index contributed by atoms with van der Waals surface area (Å²) in [7, 11) is 0. The zero-order valence-corrected chi connectivity index (χ0v) is 25.6. The van der Waals surface area contributed by atoms with Crippen LogP contribution in [0.3, 0.4) is 0 Å². The van der Waals surface area contributed by atoms with Gasteiger partial charge in [0.2, 0.25) is 0 Å². The molecule has 4 rings (SSSR count). The van der Waals surface area contributed by atoms with E-state index in [0.29, 0.717) is 12.8 Å². The van der Waals surface area contributed by atoms with E-state index in [2.05, 4.69) is 13.0 Å². The van der Waals surface area contributed by atoms with Gasteiger partial charge >= 0.3 is 5.97 Å². The third-order valence-corrected chi connectivity index (χ3v) is 11.9. The van der Waals surface area contributed by atoms with E-state index in [1.165, 1.54) is 13.8 Å². The minimum atomic E-state index is -1.91. The Bertz CT molecular complexity index is 1160. The van der Waals surface area contributed by atoms with Crippen molar-refractivity contribution in [1.29, 1.82) is 0 Å². The molecular formula is C32H48O8. The van der Waals surface area contributed by atoms with E-state index in [4.69, 9.17) is 4.74 Å². The Kier molecular flexibility index (Phi) is 7.22. The maximum atomic E-state index is 14.3. The summed E-state index contributed by atoms with van der Waals surface area (Å²) in [5, 5.41) is 34.1. The Morgan fingerprint density at radius 3 is 2.23 bits per heavy atom. The van der Waals surface area contributed by atoms with Gasteiger partial charge in [-0.2, -0.15) is 0 Å². The van der Waals surface area contributed by atoms with Crippen molar-refractivity contribution in [3.8, 4) is 0 Å². The summed E-state index contributed by atoms with van der Waals surface area (Å²) in [5.41, 5.74) is -5.07. The van der Waals surface area contributed by atoms with Crippen LogP contribution in [0.4, 0.5) is 0 Å². The summed E-state index contributed by atoms with van der Waals surface area (Å²) in [6, 6.07) is 0. The molecule has 40 heavy (non-hydrogen) atoms. The van der Waals surface area contributed by atoms with Crippen LogP contribution in [0.1, 0.15) is 101 Å². The molecule has 0 saturated heterocycles. The van der Waals surface area contributed by atoms with Crippen LogP contribution in [-0.4, -0.2) is 62.0 Å². The number of esters is 1. The minimum Gasteiger partial charge on any atom is -0.460 e. The van der Waals surface area contributed by atoms with Gasteiger partial charge in [-0.1, -0.05) is 32.4 Å². The average molecular weight is 561 g/mol. The third kappa shape index (κ3) is 4.18. The first-order chi connectivity index (χ1) is 18.1. The molecule has 9 atom stereocenters. The van der Waals surface area contributed by atoms with E-state index in [0.717, 1.165) is 5.57 Å². The largest absolute Gasteiger partial charge is 0.460 e. The molecule has 224 valence electrons. The normalized spacial score (nSPS) is 42.2. The first-order valence-corrected chi connectivity index (χ1v) is 14.7. The number of allylic oxidation sites excluding steroid dienone is 2. The lowest BCUT2D eigenvalue weighted by Gasteiger charge is -2.64. The van der Waals surface area contributed by atoms with Crippen LogP contribution in [0.25, 0.3) is 0 Å². The second kappa shape index (κ2) is 9.30. The van der Waals surface area contributed by atoms with Crippen molar-refractivity contribution in [1.82, 2.24) is 0 Å². The molecule has 0 spiro atoms. The van der Waals surface area contributed by atoms with Crippen molar-refractivity contribution in [2.24, 2.45) is 39.4 Å². The Hall–Kier alpha value is -1.90. The van der Waals surface area contributed by atoms with Gasteiger partial charge < -0.3 is 20.1 Å². The fourth-order valence-corrected chi connectivity index (χ4v) is 9.68. The van der Waals surface area contributed by atoms with Crippen LogP contribution in [0, 0.1) is 39.4 Å².